The summed E-state index contributed by atoms with van der Waals surface area (Å²) in [5.74, 6) is -1.68. The number of rotatable bonds is 1. The zero-order valence-corrected chi connectivity index (χ0v) is 8.43. The normalized spacial score (nSPS) is 9.53. The molecule has 0 atom stereocenters. The fourth-order valence-corrected chi connectivity index (χ4v) is 1.03. The van der Waals surface area contributed by atoms with Crippen LogP contribution >= 0.6 is 0 Å². The molecule has 0 radical (unpaired) electrons. The lowest BCUT2D eigenvalue weighted by molar-refractivity contribution is -0.119. The second-order valence-electron chi connectivity index (χ2n) is 3.07. The number of hydrogen-bond donors (Lipinski definition) is 2. The Morgan fingerprint density at radius 1 is 1.27 bits per heavy atom. The number of aryl methyl sites for hydroxylation is 1. The van der Waals surface area contributed by atoms with Gasteiger partial charge in [0, 0.05) is 6.92 Å². The maximum absolute atomic E-state index is 13.4. The smallest absolute Gasteiger partial charge is 0.272 e. The molecule has 4 nitrogen and oxygen atoms in total. The Labute approximate surface area is 86.4 Å². The van der Waals surface area contributed by atoms with Crippen LogP contribution in [-0.2, 0) is 4.79 Å². The van der Waals surface area contributed by atoms with E-state index < -0.39 is 17.6 Å². The van der Waals surface area contributed by atoms with E-state index in [9.17, 15) is 14.0 Å². The van der Waals surface area contributed by atoms with Crippen LogP contribution in [0.25, 0.3) is 0 Å². The lowest BCUT2D eigenvalue weighted by atomic mass is 10.1. The zero-order chi connectivity index (χ0) is 11.4. The minimum absolute atomic E-state index is 0.0937. The van der Waals surface area contributed by atoms with Crippen molar-refractivity contribution in [3.05, 3.63) is 35.1 Å². The van der Waals surface area contributed by atoms with Gasteiger partial charge in [0.05, 0.1) is 5.56 Å². The van der Waals surface area contributed by atoms with Gasteiger partial charge in [-0.15, -0.1) is 0 Å². The first-order valence-electron chi connectivity index (χ1n) is 4.34. The molecule has 80 valence electrons. The highest BCUT2D eigenvalue weighted by Gasteiger charge is 2.12. The van der Waals surface area contributed by atoms with E-state index >= 15 is 0 Å². The van der Waals surface area contributed by atoms with E-state index in [0.29, 0.717) is 5.56 Å². The molecule has 0 saturated heterocycles. The molecule has 0 spiro atoms. The number of carbonyl (C=O) groups is 2. The van der Waals surface area contributed by atoms with Crippen LogP contribution in [0.1, 0.15) is 22.8 Å². The third-order valence-electron chi connectivity index (χ3n) is 1.79. The quantitative estimate of drug-likeness (QED) is 0.677. The molecule has 15 heavy (non-hydrogen) atoms. The summed E-state index contributed by atoms with van der Waals surface area (Å²) in [5, 5.41) is 0. The van der Waals surface area contributed by atoms with Crippen LogP contribution < -0.4 is 10.9 Å². The average molecular weight is 210 g/mol. The van der Waals surface area contributed by atoms with Gasteiger partial charge >= 0.3 is 0 Å². The molecule has 0 saturated carbocycles. The minimum atomic E-state index is -0.675. The predicted molar refractivity (Wildman–Crippen MR) is 52.4 cm³/mol. The molecular formula is C10H11FN2O2. The third kappa shape index (κ3) is 2.77. The first-order chi connectivity index (χ1) is 7.02. The van der Waals surface area contributed by atoms with Gasteiger partial charge in [-0.25, -0.2) is 4.39 Å². The van der Waals surface area contributed by atoms with Crippen LogP contribution in [0.4, 0.5) is 4.39 Å². The number of halogens is 1. The number of amides is 2. The van der Waals surface area contributed by atoms with Crippen molar-refractivity contribution < 1.29 is 14.0 Å². The molecule has 0 aliphatic carbocycles. The largest absolute Gasteiger partial charge is 0.274 e. The molecule has 2 N–H and O–H groups in total. The average Bonchev–Trinajstić information content (AvgIpc) is 2.18. The summed E-state index contributed by atoms with van der Waals surface area (Å²) >= 11 is 0. The van der Waals surface area contributed by atoms with Crippen molar-refractivity contribution in [1.82, 2.24) is 10.9 Å². The molecule has 0 aliphatic heterocycles. The highest BCUT2D eigenvalue weighted by Crippen LogP contribution is 2.11. The maximum atomic E-state index is 13.4. The Bertz CT molecular complexity index is 404. The molecule has 2 amide bonds. The van der Waals surface area contributed by atoms with Crippen LogP contribution in [0, 0.1) is 12.7 Å². The van der Waals surface area contributed by atoms with E-state index in [1.54, 1.807) is 19.1 Å². The van der Waals surface area contributed by atoms with E-state index in [1.165, 1.54) is 13.0 Å². The number of carbonyl (C=O) groups excluding carboxylic acids is 2. The molecule has 1 aromatic rings. The fraction of sp³-hybridized carbons (Fsp3) is 0.200. The van der Waals surface area contributed by atoms with Crippen molar-refractivity contribution in [3.8, 4) is 0 Å². The molecule has 0 bridgehead atoms. The second kappa shape index (κ2) is 4.54. The first-order valence-corrected chi connectivity index (χ1v) is 4.34. The molecule has 0 aromatic heterocycles. The van der Waals surface area contributed by atoms with Gasteiger partial charge in [-0.1, -0.05) is 12.1 Å². The van der Waals surface area contributed by atoms with E-state index in [-0.39, 0.29) is 5.56 Å². The molecule has 1 rings (SSSR count). The van der Waals surface area contributed by atoms with Crippen molar-refractivity contribution in [1.29, 1.82) is 0 Å². The lowest BCUT2D eigenvalue weighted by Gasteiger charge is -2.06. The van der Waals surface area contributed by atoms with Crippen molar-refractivity contribution in [2.24, 2.45) is 0 Å². The van der Waals surface area contributed by atoms with Crippen LogP contribution in [-0.4, -0.2) is 11.8 Å². The summed E-state index contributed by atoms with van der Waals surface area (Å²) in [6.45, 7) is 2.80. The second-order valence-corrected chi connectivity index (χ2v) is 3.07. The lowest BCUT2D eigenvalue weighted by Crippen LogP contribution is -2.40. The van der Waals surface area contributed by atoms with E-state index in [0.717, 1.165) is 0 Å². The van der Waals surface area contributed by atoms with Gasteiger partial charge in [-0.05, 0) is 18.6 Å². The van der Waals surface area contributed by atoms with Crippen molar-refractivity contribution >= 4 is 11.8 Å². The minimum Gasteiger partial charge on any atom is -0.274 e. The zero-order valence-electron chi connectivity index (χ0n) is 8.43. The first kappa shape index (κ1) is 11.2. The summed E-state index contributed by atoms with van der Waals surface area (Å²) in [6.07, 6.45) is 0. The van der Waals surface area contributed by atoms with Crippen molar-refractivity contribution in [3.63, 3.8) is 0 Å². The molecular weight excluding hydrogens is 199 g/mol. The van der Waals surface area contributed by atoms with Gasteiger partial charge in [-0.3, -0.25) is 20.4 Å². The fourth-order valence-electron chi connectivity index (χ4n) is 1.03. The molecule has 0 unspecified atom stereocenters. The molecule has 0 heterocycles. The topological polar surface area (TPSA) is 58.2 Å². The monoisotopic (exact) mass is 210 g/mol. The van der Waals surface area contributed by atoms with E-state index in [2.05, 4.69) is 10.9 Å². The SMILES string of the molecule is CC(=O)NNC(=O)c1cccc(C)c1F. The Morgan fingerprint density at radius 2 is 1.93 bits per heavy atom. The Balaban J connectivity index is 2.82. The Hall–Kier alpha value is -1.91. The summed E-state index contributed by atoms with van der Waals surface area (Å²) in [4.78, 5) is 21.9. The van der Waals surface area contributed by atoms with Gasteiger partial charge < -0.3 is 0 Å². The van der Waals surface area contributed by atoms with Gasteiger partial charge in [0.2, 0.25) is 5.91 Å². The highest BCUT2D eigenvalue weighted by atomic mass is 19.1. The van der Waals surface area contributed by atoms with Crippen LogP contribution in [0.15, 0.2) is 18.2 Å². The maximum Gasteiger partial charge on any atom is 0.272 e. The summed E-state index contributed by atoms with van der Waals surface area (Å²) in [6, 6.07) is 4.48. The van der Waals surface area contributed by atoms with Gasteiger partial charge in [-0.2, -0.15) is 0 Å². The number of hydrazine groups is 1. The summed E-state index contributed by atoms with van der Waals surface area (Å²) < 4.78 is 13.4. The van der Waals surface area contributed by atoms with Gasteiger partial charge in [0.1, 0.15) is 5.82 Å². The summed E-state index contributed by atoms with van der Waals surface area (Å²) in [5.41, 5.74) is 4.46. The Kier molecular flexibility index (Phi) is 3.38. The molecule has 5 heteroatoms. The number of benzene rings is 1. The van der Waals surface area contributed by atoms with E-state index in [1.807, 2.05) is 0 Å². The predicted octanol–water partition coefficient (Wildman–Crippen LogP) is 0.915. The highest BCUT2D eigenvalue weighted by molar-refractivity contribution is 5.95. The van der Waals surface area contributed by atoms with Gasteiger partial charge in [0.25, 0.3) is 5.91 Å². The van der Waals surface area contributed by atoms with E-state index in [4.69, 9.17) is 0 Å². The van der Waals surface area contributed by atoms with Crippen molar-refractivity contribution in [2.45, 2.75) is 13.8 Å². The summed E-state index contributed by atoms with van der Waals surface area (Å²) in [7, 11) is 0. The van der Waals surface area contributed by atoms with Gasteiger partial charge in [0.15, 0.2) is 0 Å². The Morgan fingerprint density at radius 3 is 2.53 bits per heavy atom. The van der Waals surface area contributed by atoms with Crippen LogP contribution in [0.5, 0.6) is 0 Å². The third-order valence-corrected chi connectivity index (χ3v) is 1.79. The van der Waals surface area contributed by atoms with Crippen molar-refractivity contribution in [2.75, 3.05) is 0 Å². The standard InChI is InChI=1S/C10H11FN2O2/c1-6-4-3-5-8(9(6)11)10(15)13-12-7(2)14/h3-5H,1-2H3,(H,12,14)(H,13,15). The molecule has 0 fully saturated rings. The molecule has 1 aromatic carbocycles. The molecule has 0 aliphatic rings. The van der Waals surface area contributed by atoms with Crippen LogP contribution in [0.3, 0.4) is 0 Å². The number of hydrogen-bond acceptors (Lipinski definition) is 2. The van der Waals surface area contributed by atoms with Crippen LogP contribution in [0.2, 0.25) is 0 Å². The number of nitrogens with one attached hydrogen (secondary N) is 2.